The standard InChI is InChI=1S/C26H33N5O3/c1-4-19(2)24-25(33)29(16-21-13-9-6-10-14-21)17-22-30(24)23(32)18-28(3)31(22)26(34)27-15-20-11-7-5-8-12-20/h5-14,19,22,24H,4,15-18H2,1-3H3,(H,27,34)/t19?,22-,24-/m0/s1. The molecule has 0 bridgehead atoms. The number of fused-ring (bicyclic) bond motifs is 1. The number of hydrogen-bond acceptors (Lipinski definition) is 4. The number of amides is 4. The van der Waals surface area contributed by atoms with E-state index in [0.717, 1.165) is 17.5 Å². The van der Waals surface area contributed by atoms with Crippen molar-refractivity contribution in [3.05, 3.63) is 71.8 Å². The summed E-state index contributed by atoms with van der Waals surface area (Å²) in [7, 11) is 1.74. The first kappa shape index (κ1) is 23.8. The Morgan fingerprint density at radius 2 is 1.65 bits per heavy atom. The van der Waals surface area contributed by atoms with Gasteiger partial charge in [-0.3, -0.25) is 9.59 Å². The molecule has 2 heterocycles. The molecule has 180 valence electrons. The number of nitrogens with zero attached hydrogens (tertiary/aromatic N) is 4. The van der Waals surface area contributed by atoms with Crippen LogP contribution < -0.4 is 5.32 Å². The second kappa shape index (κ2) is 10.3. The lowest BCUT2D eigenvalue weighted by molar-refractivity contribution is -0.190. The Kier molecular flexibility index (Phi) is 7.17. The summed E-state index contributed by atoms with van der Waals surface area (Å²) in [6.07, 6.45) is 0.185. The van der Waals surface area contributed by atoms with Gasteiger partial charge >= 0.3 is 6.03 Å². The number of benzene rings is 2. The SMILES string of the molecule is CCC(C)[C@H]1C(=O)N(Cc2ccccc2)C[C@H]2N1C(=O)CN(C)N2C(=O)NCc1ccccc1. The third kappa shape index (κ3) is 4.77. The zero-order valence-corrected chi connectivity index (χ0v) is 20.1. The van der Waals surface area contributed by atoms with Crippen LogP contribution in [0.25, 0.3) is 0 Å². The summed E-state index contributed by atoms with van der Waals surface area (Å²) >= 11 is 0. The molecule has 2 saturated heterocycles. The van der Waals surface area contributed by atoms with Gasteiger partial charge in [0.2, 0.25) is 11.8 Å². The number of carbonyl (C=O) groups excluding carboxylic acids is 3. The van der Waals surface area contributed by atoms with Crippen molar-refractivity contribution >= 4 is 17.8 Å². The van der Waals surface area contributed by atoms with E-state index in [2.05, 4.69) is 5.32 Å². The van der Waals surface area contributed by atoms with Gasteiger partial charge in [-0.15, -0.1) is 0 Å². The molecular weight excluding hydrogens is 430 g/mol. The monoisotopic (exact) mass is 463 g/mol. The highest BCUT2D eigenvalue weighted by Gasteiger charge is 2.51. The van der Waals surface area contributed by atoms with Crippen molar-refractivity contribution in [2.75, 3.05) is 20.1 Å². The quantitative estimate of drug-likeness (QED) is 0.715. The first-order valence-corrected chi connectivity index (χ1v) is 11.9. The molecule has 0 aliphatic carbocycles. The fraction of sp³-hybridized carbons (Fsp3) is 0.423. The first-order chi connectivity index (χ1) is 16.4. The third-order valence-corrected chi connectivity index (χ3v) is 6.77. The predicted octanol–water partition coefficient (Wildman–Crippen LogP) is 2.67. The molecular formula is C26H33N5O3. The average Bonchev–Trinajstić information content (AvgIpc) is 2.84. The van der Waals surface area contributed by atoms with E-state index < -0.39 is 12.2 Å². The first-order valence-electron chi connectivity index (χ1n) is 11.9. The van der Waals surface area contributed by atoms with Crippen LogP contribution in [-0.4, -0.2) is 70.0 Å². The van der Waals surface area contributed by atoms with Crippen molar-refractivity contribution in [1.29, 1.82) is 0 Å². The molecule has 0 aromatic heterocycles. The summed E-state index contributed by atoms with van der Waals surface area (Å²) in [6, 6.07) is 18.6. The fourth-order valence-electron chi connectivity index (χ4n) is 4.80. The number of nitrogens with one attached hydrogen (secondary N) is 1. The summed E-state index contributed by atoms with van der Waals surface area (Å²) in [5.74, 6) is -0.218. The number of hydrazine groups is 1. The fourth-order valence-corrected chi connectivity index (χ4v) is 4.80. The Bertz CT molecular complexity index is 1020. The summed E-state index contributed by atoms with van der Waals surface area (Å²) in [4.78, 5) is 43.6. The van der Waals surface area contributed by atoms with Gasteiger partial charge in [0.25, 0.3) is 0 Å². The van der Waals surface area contributed by atoms with Crippen LogP contribution in [0, 0.1) is 5.92 Å². The molecule has 2 aliphatic rings. The minimum atomic E-state index is -0.599. The molecule has 3 atom stereocenters. The Labute approximate surface area is 201 Å². The van der Waals surface area contributed by atoms with Gasteiger partial charge in [0.15, 0.2) is 0 Å². The van der Waals surface area contributed by atoms with E-state index >= 15 is 0 Å². The van der Waals surface area contributed by atoms with Crippen molar-refractivity contribution < 1.29 is 14.4 Å². The molecule has 0 spiro atoms. The molecule has 2 aromatic rings. The van der Waals surface area contributed by atoms with E-state index in [1.165, 1.54) is 0 Å². The van der Waals surface area contributed by atoms with Crippen molar-refractivity contribution in [2.45, 2.75) is 45.6 Å². The van der Waals surface area contributed by atoms with Gasteiger partial charge in [-0.1, -0.05) is 80.9 Å². The van der Waals surface area contributed by atoms with Crippen LogP contribution in [0.3, 0.4) is 0 Å². The second-order valence-corrected chi connectivity index (χ2v) is 9.12. The molecule has 2 fully saturated rings. The van der Waals surface area contributed by atoms with E-state index in [4.69, 9.17) is 0 Å². The predicted molar refractivity (Wildman–Crippen MR) is 129 cm³/mol. The van der Waals surface area contributed by atoms with Crippen LogP contribution in [0.5, 0.6) is 0 Å². The molecule has 2 aromatic carbocycles. The molecule has 1 N–H and O–H groups in total. The maximum absolute atomic E-state index is 13.6. The maximum atomic E-state index is 13.6. The second-order valence-electron chi connectivity index (χ2n) is 9.12. The van der Waals surface area contributed by atoms with Crippen LogP contribution in [0.1, 0.15) is 31.4 Å². The van der Waals surface area contributed by atoms with Gasteiger partial charge in [0.1, 0.15) is 12.2 Å². The Balaban J connectivity index is 1.62. The van der Waals surface area contributed by atoms with Crippen LogP contribution in [0.2, 0.25) is 0 Å². The van der Waals surface area contributed by atoms with Gasteiger partial charge in [0.05, 0.1) is 13.1 Å². The van der Waals surface area contributed by atoms with Gasteiger partial charge in [-0.05, 0) is 17.0 Å². The molecule has 0 saturated carbocycles. The van der Waals surface area contributed by atoms with Gasteiger partial charge in [0, 0.05) is 20.1 Å². The number of carbonyl (C=O) groups is 3. The molecule has 8 nitrogen and oxygen atoms in total. The topological polar surface area (TPSA) is 76.2 Å². The number of urea groups is 1. The van der Waals surface area contributed by atoms with Gasteiger partial charge in [-0.25, -0.2) is 14.8 Å². The van der Waals surface area contributed by atoms with Crippen molar-refractivity contribution in [3.8, 4) is 0 Å². The summed E-state index contributed by atoms with van der Waals surface area (Å²) in [5.41, 5.74) is 2.01. The smallest absolute Gasteiger partial charge is 0.333 e. The zero-order valence-electron chi connectivity index (χ0n) is 20.1. The van der Waals surface area contributed by atoms with Crippen LogP contribution in [0.15, 0.2) is 60.7 Å². The summed E-state index contributed by atoms with van der Waals surface area (Å²) in [5, 5.41) is 6.25. The maximum Gasteiger partial charge on any atom is 0.334 e. The number of rotatable bonds is 6. The molecule has 1 unspecified atom stereocenters. The van der Waals surface area contributed by atoms with Gasteiger partial charge < -0.3 is 15.1 Å². The van der Waals surface area contributed by atoms with E-state index in [-0.39, 0.29) is 36.9 Å². The Hall–Kier alpha value is -3.39. The molecule has 2 aliphatic heterocycles. The molecule has 4 rings (SSSR count). The van der Waals surface area contributed by atoms with Crippen LogP contribution in [0.4, 0.5) is 4.79 Å². The minimum absolute atomic E-state index is 0.0323. The van der Waals surface area contributed by atoms with E-state index in [9.17, 15) is 14.4 Å². The molecule has 0 radical (unpaired) electrons. The lowest BCUT2D eigenvalue weighted by Gasteiger charge is -2.55. The number of hydrogen-bond donors (Lipinski definition) is 1. The number of piperazine rings is 1. The summed E-state index contributed by atoms with van der Waals surface area (Å²) in [6.45, 7) is 5.15. The highest BCUT2D eigenvalue weighted by Crippen LogP contribution is 2.31. The van der Waals surface area contributed by atoms with E-state index in [0.29, 0.717) is 13.1 Å². The lowest BCUT2D eigenvalue weighted by atomic mass is 9.92. The molecule has 4 amide bonds. The van der Waals surface area contributed by atoms with E-state index in [1.54, 1.807) is 26.9 Å². The molecule has 8 heteroatoms. The highest BCUT2D eigenvalue weighted by molar-refractivity contribution is 5.91. The average molecular weight is 464 g/mol. The van der Waals surface area contributed by atoms with Crippen LogP contribution in [-0.2, 0) is 22.7 Å². The summed E-state index contributed by atoms with van der Waals surface area (Å²) < 4.78 is 0. The minimum Gasteiger partial charge on any atom is -0.333 e. The Morgan fingerprint density at radius 3 is 2.26 bits per heavy atom. The largest absolute Gasteiger partial charge is 0.334 e. The third-order valence-electron chi connectivity index (χ3n) is 6.77. The Morgan fingerprint density at radius 1 is 1.03 bits per heavy atom. The van der Waals surface area contributed by atoms with Crippen molar-refractivity contribution in [3.63, 3.8) is 0 Å². The lowest BCUT2D eigenvalue weighted by Crippen LogP contribution is -2.76. The van der Waals surface area contributed by atoms with Gasteiger partial charge in [-0.2, -0.15) is 0 Å². The zero-order chi connectivity index (χ0) is 24.2. The highest BCUT2D eigenvalue weighted by atomic mass is 16.2. The van der Waals surface area contributed by atoms with Crippen LogP contribution >= 0.6 is 0 Å². The normalized spacial score (nSPS) is 21.9. The molecule has 34 heavy (non-hydrogen) atoms. The van der Waals surface area contributed by atoms with Crippen molar-refractivity contribution in [1.82, 2.24) is 25.1 Å². The number of likely N-dealkylation sites (N-methyl/N-ethyl adjacent to an activating group) is 1. The van der Waals surface area contributed by atoms with E-state index in [1.807, 2.05) is 74.5 Å². The van der Waals surface area contributed by atoms with Crippen molar-refractivity contribution in [2.24, 2.45) is 5.92 Å².